The van der Waals surface area contributed by atoms with Crippen LogP contribution in [0.15, 0.2) is 213 Å². The van der Waals surface area contributed by atoms with E-state index in [2.05, 4.69) is 143 Å². The molecule has 59 heavy (non-hydrogen) atoms. The maximum atomic E-state index is 6.82. The summed E-state index contributed by atoms with van der Waals surface area (Å²) in [6.45, 7) is 0. The van der Waals surface area contributed by atoms with E-state index in [1.54, 1.807) is 0 Å². The van der Waals surface area contributed by atoms with Crippen LogP contribution in [-0.2, 0) is 0 Å². The number of hydrogen-bond acceptors (Lipinski definition) is 6. The summed E-state index contributed by atoms with van der Waals surface area (Å²) in [6, 6.07) is 69.1. The summed E-state index contributed by atoms with van der Waals surface area (Å²) in [5.41, 5.74) is 11.8. The highest BCUT2D eigenvalue weighted by atomic mass is 16.3. The van der Waals surface area contributed by atoms with E-state index in [0.29, 0.717) is 5.89 Å². The smallest absolute Gasteiger partial charge is 0.227 e. The molecule has 0 bridgehead atoms. The Kier molecular flexibility index (Phi) is 7.43. The monoisotopic (exact) mass is 759 g/mol. The van der Waals surface area contributed by atoms with Crippen molar-refractivity contribution in [3.05, 3.63) is 200 Å². The first-order valence-corrected chi connectivity index (χ1v) is 19.7. The molecule has 6 nitrogen and oxygen atoms in total. The fourth-order valence-corrected chi connectivity index (χ4v) is 8.52. The van der Waals surface area contributed by atoms with E-state index in [1.165, 1.54) is 0 Å². The second-order valence-electron chi connectivity index (χ2n) is 14.8. The van der Waals surface area contributed by atoms with E-state index in [-0.39, 0.29) is 0 Å². The van der Waals surface area contributed by atoms with E-state index in [0.717, 1.165) is 105 Å². The lowest BCUT2D eigenvalue weighted by Gasteiger charge is -2.27. The van der Waals surface area contributed by atoms with Crippen molar-refractivity contribution >= 4 is 99.9 Å². The van der Waals surface area contributed by atoms with Crippen LogP contribution in [0.4, 0.5) is 34.1 Å². The molecule has 0 atom stereocenters. The number of furan rings is 2. The van der Waals surface area contributed by atoms with Crippen LogP contribution in [0.25, 0.3) is 77.2 Å². The minimum absolute atomic E-state index is 0.564. The van der Waals surface area contributed by atoms with Crippen LogP contribution >= 0.6 is 0 Å². The van der Waals surface area contributed by atoms with Gasteiger partial charge in [-0.1, -0.05) is 91.0 Å². The van der Waals surface area contributed by atoms with E-state index >= 15 is 0 Å². The minimum Gasteiger partial charge on any atom is -0.456 e. The first-order valence-electron chi connectivity index (χ1n) is 19.7. The maximum absolute atomic E-state index is 6.82. The van der Waals surface area contributed by atoms with Crippen LogP contribution in [0.3, 0.4) is 0 Å². The Morgan fingerprint density at radius 3 is 1.46 bits per heavy atom. The van der Waals surface area contributed by atoms with Crippen LogP contribution in [0.2, 0.25) is 0 Å². The summed E-state index contributed by atoms with van der Waals surface area (Å²) in [5, 5.41) is 6.25. The number of oxazole rings is 1. The number of anilines is 6. The molecule has 3 aromatic heterocycles. The Bertz CT molecular complexity index is 3520. The van der Waals surface area contributed by atoms with Crippen molar-refractivity contribution in [2.45, 2.75) is 0 Å². The van der Waals surface area contributed by atoms with Crippen LogP contribution in [-0.4, -0.2) is 4.98 Å². The molecule has 0 amide bonds. The van der Waals surface area contributed by atoms with Crippen molar-refractivity contribution in [2.24, 2.45) is 0 Å². The second-order valence-corrected chi connectivity index (χ2v) is 14.8. The van der Waals surface area contributed by atoms with E-state index < -0.39 is 0 Å². The minimum atomic E-state index is 0.564. The van der Waals surface area contributed by atoms with Crippen LogP contribution in [0.5, 0.6) is 0 Å². The quantitative estimate of drug-likeness (QED) is 0.161. The highest BCUT2D eigenvalue weighted by molar-refractivity contribution is 6.13. The summed E-state index contributed by atoms with van der Waals surface area (Å²) in [6.07, 6.45) is 0. The van der Waals surface area contributed by atoms with Crippen molar-refractivity contribution in [2.75, 3.05) is 9.80 Å². The molecule has 0 aliphatic rings. The van der Waals surface area contributed by atoms with Gasteiger partial charge in [0.1, 0.15) is 27.8 Å². The van der Waals surface area contributed by atoms with Gasteiger partial charge < -0.3 is 23.1 Å². The van der Waals surface area contributed by atoms with Gasteiger partial charge >= 0.3 is 0 Å². The first kappa shape index (κ1) is 33.1. The van der Waals surface area contributed by atoms with Crippen LogP contribution < -0.4 is 9.80 Å². The van der Waals surface area contributed by atoms with Gasteiger partial charge in [0.15, 0.2) is 5.58 Å². The zero-order valence-corrected chi connectivity index (χ0v) is 31.6. The molecule has 0 saturated carbocycles. The van der Waals surface area contributed by atoms with Gasteiger partial charge in [-0.15, -0.1) is 0 Å². The predicted molar refractivity (Wildman–Crippen MR) is 241 cm³/mol. The van der Waals surface area contributed by atoms with Gasteiger partial charge in [-0.05, 0) is 115 Å². The molecular weight excluding hydrogens is 727 g/mol. The summed E-state index contributed by atoms with van der Waals surface area (Å²) in [5.74, 6) is 0.564. The molecule has 0 aliphatic heterocycles. The molecule has 0 fully saturated rings. The molecule has 3 heterocycles. The average Bonchev–Trinajstić information content (AvgIpc) is 4.02. The molecule has 0 saturated heterocycles. The van der Waals surface area contributed by atoms with Crippen LogP contribution in [0, 0.1) is 0 Å². The standard InChI is InChI=1S/C53H33N3O3/c1-4-14-34(15-5-1)53-54-51-46(56(37-18-8-3-9-19-37)40-26-29-50-45(33-40)43-21-11-13-23-48(43)58-50)31-35-30-38(24-27-41(35)52(51)59-53)55(36-16-6-2-7-17-36)39-25-28-49-44(32-39)42-20-10-12-22-47(42)57-49/h1-33H. The highest BCUT2D eigenvalue weighted by Crippen LogP contribution is 2.46. The molecule has 0 radical (unpaired) electrons. The normalized spacial score (nSPS) is 11.7. The molecule has 0 N–H and O–H groups in total. The van der Waals surface area contributed by atoms with Gasteiger partial charge in [0.05, 0.1) is 5.69 Å². The maximum Gasteiger partial charge on any atom is 0.227 e. The topological polar surface area (TPSA) is 58.8 Å². The molecule has 0 aliphatic carbocycles. The zero-order valence-electron chi connectivity index (χ0n) is 31.6. The molecular formula is C53H33N3O3. The number of benzene rings is 9. The largest absolute Gasteiger partial charge is 0.456 e. The molecule has 278 valence electrons. The number of fused-ring (bicyclic) bond motifs is 9. The van der Waals surface area contributed by atoms with Crippen molar-refractivity contribution in [1.29, 1.82) is 0 Å². The molecule has 12 aromatic rings. The summed E-state index contributed by atoms with van der Waals surface area (Å²) in [4.78, 5) is 9.84. The lowest BCUT2D eigenvalue weighted by atomic mass is 10.0. The SMILES string of the molecule is c1ccc(-c2nc3c(N(c4ccccc4)c4ccc5oc6ccccc6c5c4)cc4cc(N(c5ccccc5)c5ccc6oc7ccccc7c6c5)ccc4c3o2)cc1. The average molecular weight is 760 g/mol. The first-order chi connectivity index (χ1) is 29.2. The molecule has 12 rings (SSSR count). The number of aromatic nitrogens is 1. The lowest BCUT2D eigenvalue weighted by molar-refractivity contribution is 0.623. The third-order valence-corrected chi connectivity index (χ3v) is 11.2. The Morgan fingerprint density at radius 2 is 0.831 bits per heavy atom. The Balaban J connectivity index is 1.11. The lowest BCUT2D eigenvalue weighted by Crippen LogP contribution is -2.11. The second kappa shape index (κ2) is 13.3. The van der Waals surface area contributed by atoms with Gasteiger partial charge in [0.25, 0.3) is 0 Å². The number of nitrogens with zero attached hydrogens (tertiary/aromatic N) is 3. The highest BCUT2D eigenvalue weighted by Gasteiger charge is 2.24. The number of rotatable bonds is 7. The third kappa shape index (κ3) is 5.46. The molecule has 9 aromatic carbocycles. The van der Waals surface area contributed by atoms with Crippen molar-refractivity contribution < 1.29 is 13.3 Å². The van der Waals surface area contributed by atoms with Gasteiger partial charge in [-0.2, -0.15) is 0 Å². The van der Waals surface area contributed by atoms with Crippen molar-refractivity contribution in [3.8, 4) is 11.5 Å². The summed E-state index contributed by atoms with van der Waals surface area (Å²) >= 11 is 0. The van der Waals surface area contributed by atoms with Gasteiger partial charge in [0.2, 0.25) is 5.89 Å². The summed E-state index contributed by atoms with van der Waals surface area (Å²) in [7, 11) is 0. The van der Waals surface area contributed by atoms with E-state index in [1.807, 2.05) is 66.7 Å². The molecule has 0 unspecified atom stereocenters. The predicted octanol–water partition coefficient (Wildman–Crippen LogP) is 15.4. The Morgan fingerprint density at radius 1 is 0.339 bits per heavy atom. The van der Waals surface area contributed by atoms with Crippen molar-refractivity contribution in [3.63, 3.8) is 0 Å². The fraction of sp³-hybridized carbons (Fsp3) is 0. The Labute approximate surface area is 338 Å². The van der Waals surface area contributed by atoms with Crippen LogP contribution in [0.1, 0.15) is 0 Å². The van der Waals surface area contributed by atoms with E-state index in [9.17, 15) is 0 Å². The Hall–Kier alpha value is -8.09. The number of para-hydroxylation sites is 4. The van der Waals surface area contributed by atoms with Gasteiger partial charge in [-0.25, -0.2) is 4.98 Å². The fourth-order valence-electron chi connectivity index (χ4n) is 8.52. The number of hydrogen-bond donors (Lipinski definition) is 0. The van der Waals surface area contributed by atoms with Gasteiger partial charge in [-0.3, -0.25) is 0 Å². The third-order valence-electron chi connectivity index (χ3n) is 11.2. The van der Waals surface area contributed by atoms with Crippen molar-refractivity contribution in [1.82, 2.24) is 4.98 Å². The molecule has 6 heteroatoms. The zero-order chi connectivity index (χ0) is 38.9. The van der Waals surface area contributed by atoms with E-state index in [4.69, 9.17) is 18.2 Å². The summed E-state index contributed by atoms with van der Waals surface area (Å²) < 4.78 is 19.3. The van der Waals surface area contributed by atoms with Gasteiger partial charge in [0, 0.05) is 60.9 Å². The molecule has 0 spiro atoms.